The summed E-state index contributed by atoms with van der Waals surface area (Å²) in [5.41, 5.74) is 1.06. The second-order valence-corrected chi connectivity index (χ2v) is 8.55. The number of ether oxygens (including phenoxy) is 1. The molecule has 2 amide bonds. The molecule has 1 heterocycles. The molecule has 0 unspecified atom stereocenters. The topological polar surface area (TPSA) is 98.1 Å². The van der Waals surface area contributed by atoms with E-state index in [2.05, 4.69) is 20.8 Å². The van der Waals surface area contributed by atoms with Crippen LogP contribution in [0.5, 0.6) is 5.75 Å². The molecule has 0 aliphatic heterocycles. The van der Waals surface area contributed by atoms with Crippen LogP contribution in [0.3, 0.4) is 0 Å². The number of hydrogen-bond donors (Lipinski definition) is 2. The standard InChI is InChI=1S/C21H21Cl2N5O3S/c1-12(24-20(30)13-4-9-16(22)17(23)10-13)19-26-27-21(28(19)2)32-11-18(29)25-14-5-7-15(31-3)8-6-14/h4-10,12H,11H2,1-3H3,(H,24,30)(H,25,29)/t12-/m0/s1. The molecule has 0 bridgehead atoms. The minimum Gasteiger partial charge on any atom is -0.497 e. The van der Waals surface area contributed by atoms with Crippen LogP contribution in [0.2, 0.25) is 10.0 Å². The number of carbonyl (C=O) groups excluding carboxylic acids is 2. The summed E-state index contributed by atoms with van der Waals surface area (Å²) in [4.78, 5) is 24.8. The molecule has 8 nitrogen and oxygen atoms in total. The van der Waals surface area contributed by atoms with E-state index < -0.39 is 6.04 Å². The molecule has 0 aliphatic carbocycles. The monoisotopic (exact) mass is 493 g/mol. The lowest BCUT2D eigenvalue weighted by Crippen LogP contribution is -2.28. The van der Waals surface area contributed by atoms with E-state index in [0.29, 0.717) is 38.0 Å². The normalized spacial score (nSPS) is 11.7. The molecular weight excluding hydrogens is 473 g/mol. The molecule has 1 atom stereocenters. The van der Waals surface area contributed by atoms with Gasteiger partial charge in [-0.25, -0.2) is 0 Å². The van der Waals surface area contributed by atoms with Gasteiger partial charge in [-0.1, -0.05) is 35.0 Å². The van der Waals surface area contributed by atoms with Gasteiger partial charge in [-0.3, -0.25) is 9.59 Å². The molecule has 11 heteroatoms. The highest BCUT2D eigenvalue weighted by molar-refractivity contribution is 7.99. The van der Waals surface area contributed by atoms with Gasteiger partial charge in [0.25, 0.3) is 5.91 Å². The second-order valence-electron chi connectivity index (χ2n) is 6.79. The molecule has 32 heavy (non-hydrogen) atoms. The molecule has 1 aromatic heterocycles. The van der Waals surface area contributed by atoms with E-state index in [1.54, 1.807) is 62.0 Å². The number of hydrogen-bond acceptors (Lipinski definition) is 6. The predicted octanol–water partition coefficient (Wildman–Crippen LogP) is 4.35. The molecule has 0 aliphatic rings. The van der Waals surface area contributed by atoms with Crippen LogP contribution in [0.25, 0.3) is 0 Å². The predicted molar refractivity (Wildman–Crippen MR) is 126 cm³/mol. The van der Waals surface area contributed by atoms with Crippen LogP contribution >= 0.6 is 35.0 Å². The molecule has 168 valence electrons. The van der Waals surface area contributed by atoms with E-state index in [-0.39, 0.29) is 17.6 Å². The van der Waals surface area contributed by atoms with Crippen molar-refractivity contribution >= 4 is 52.5 Å². The average Bonchev–Trinajstić information content (AvgIpc) is 3.15. The third-order valence-electron chi connectivity index (χ3n) is 4.49. The number of thioether (sulfide) groups is 1. The van der Waals surface area contributed by atoms with Gasteiger partial charge in [-0.05, 0) is 49.4 Å². The van der Waals surface area contributed by atoms with Crippen molar-refractivity contribution in [3.8, 4) is 5.75 Å². The Balaban J connectivity index is 1.57. The highest BCUT2D eigenvalue weighted by Gasteiger charge is 2.19. The Bertz CT molecular complexity index is 1120. The Kier molecular flexibility index (Phi) is 8.00. The largest absolute Gasteiger partial charge is 0.497 e. The molecule has 0 spiro atoms. The first-order valence-corrected chi connectivity index (χ1v) is 11.2. The number of halogens is 2. The average molecular weight is 494 g/mol. The Morgan fingerprint density at radius 3 is 2.50 bits per heavy atom. The fourth-order valence-corrected chi connectivity index (χ4v) is 3.83. The van der Waals surface area contributed by atoms with Crippen LogP contribution in [0, 0.1) is 0 Å². The molecule has 0 saturated carbocycles. The summed E-state index contributed by atoms with van der Waals surface area (Å²) >= 11 is 13.1. The van der Waals surface area contributed by atoms with Crippen molar-refractivity contribution < 1.29 is 14.3 Å². The van der Waals surface area contributed by atoms with Gasteiger partial charge in [0.15, 0.2) is 11.0 Å². The van der Waals surface area contributed by atoms with Crippen molar-refractivity contribution in [3.63, 3.8) is 0 Å². The van der Waals surface area contributed by atoms with Gasteiger partial charge in [0.05, 0.1) is 28.9 Å². The maximum absolute atomic E-state index is 12.5. The van der Waals surface area contributed by atoms with E-state index in [1.165, 1.54) is 17.8 Å². The SMILES string of the molecule is COc1ccc(NC(=O)CSc2nnc([C@H](C)NC(=O)c3ccc(Cl)c(Cl)c3)n2C)cc1. The zero-order valence-corrected chi connectivity index (χ0v) is 19.9. The fourth-order valence-electron chi connectivity index (χ4n) is 2.81. The third kappa shape index (κ3) is 5.93. The van der Waals surface area contributed by atoms with Gasteiger partial charge in [-0.15, -0.1) is 10.2 Å². The van der Waals surface area contributed by atoms with Crippen LogP contribution in [0.1, 0.15) is 29.1 Å². The third-order valence-corrected chi connectivity index (χ3v) is 6.25. The Morgan fingerprint density at radius 1 is 1.12 bits per heavy atom. The summed E-state index contributed by atoms with van der Waals surface area (Å²) in [5.74, 6) is 0.931. The number of benzene rings is 2. The Hall–Kier alpha value is -2.75. The highest BCUT2D eigenvalue weighted by atomic mass is 35.5. The van der Waals surface area contributed by atoms with Gasteiger partial charge in [0.1, 0.15) is 5.75 Å². The van der Waals surface area contributed by atoms with Crippen LogP contribution in [0.4, 0.5) is 5.69 Å². The van der Waals surface area contributed by atoms with Crippen LogP contribution in [-0.2, 0) is 11.8 Å². The maximum atomic E-state index is 12.5. The number of anilines is 1. The zero-order chi connectivity index (χ0) is 23.3. The smallest absolute Gasteiger partial charge is 0.251 e. The lowest BCUT2D eigenvalue weighted by atomic mass is 10.2. The van der Waals surface area contributed by atoms with Crippen molar-refractivity contribution in [2.24, 2.45) is 7.05 Å². The quantitative estimate of drug-likeness (QED) is 0.452. The van der Waals surface area contributed by atoms with Gasteiger partial charge in [-0.2, -0.15) is 0 Å². The number of aromatic nitrogens is 3. The summed E-state index contributed by atoms with van der Waals surface area (Å²) < 4.78 is 6.84. The van der Waals surface area contributed by atoms with Gasteiger partial charge in [0, 0.05) is 18.3 Å². The number of carbonyl (C=O) groups is 2. The van der Waals surface area contributed by atoms with Gasteiger partial charge >= 0.3 is 0 Å². The minimum absolute atomic E-state index is 0.155. The Labute approximate surface area is 199 Å². The number of nitrogens with one attached hydrogen (secondary N) is 2. The number of rotatable bonds is 8. The molecule has 3 rings (SSSR count). The van der Waals surface area contributed by atoms with Gasteiger partial charge in [0.2, 0.25) is 5.91 Å². The van der Waals surface area contributed by atoms with Crippen molar-refractivity contribution in [1.82, 2.24) is 20.1 Å². The van der Waals surface area contributed by atoms with E-state index in [0.717, 1.165) is 0 Å². The molecule has 0 radical (unpaired) electrons. The number of nitrogens with zero attached hydrogens (tertiary/aromatic N) is 3. The lowest BCUT2D eigenvalue weighted by Gasteiger charge is -2.14. The van der Waals surface area contributed by atoms with Crippen molar-refractivity contribution in [3.05, 3.63) is 63.9 Å². The minimum atomic E-state index is -0.420. The second kappa shape index (κ2) is 10.7. The van der Waals surface area contributed by atoms with E-state index in [1.807, 2.05) is 0 Å². The molecule has 0 saturated heterocycles. The lowest BCUT2D eigenvalue weighted by molar-refractivity contribution is -0.113. The Morgan fingerprint density at radius 2 is 1.84 bits per heavy atom. The molecule has 3 aromatic rings. The summed E-state index contributed by atoms with van der Waals surface area (Å²) in [5, 5.41) is 15.2. The van der Waals surface area contributed by atoms with Crippen molar-refractivity contribution in [2.45, 2.75) is 18.1 Å². The zero-order valence-electron chi connectivity index (χ0n) is 17.6. The summed E-state index contributed by atoms with van der Waals surface area (Å²) in [6.07, 6.45) is 0. The first-order valence-electron chi connectivity index (χ1n) is 9.50. The van der Waals surface area contributed by atoms with Crippen LogP contribution in [-0.4, -0.2) is 39.4 Å². The fraction of sp³-hybridized carbons (Fsp3) is 0.238. The molecule has 2 N–H and O–H groups in total. The highest BCUT2D eigenvalue weighted by Crippen LogP contribution is 2.24. The molecule has 0 fully saturated rings. The van der Waals surface area contributed by atoms with Crippen molar-refractivity contribution in [1.29, 1.82) is 0 Å². The first-order chi connectivity index (χ1) is 15.3. The molecular formula is C21H21Cl2N5O3S. The first kappa shape index (κ1) is 23.9. The maximum Gasteiger partial charge on any atom is 0.251 e. The van der Waals surface area contributed by atoms with Crippen LogP contribution in [0.15, 0.2) is 47.6 Å². The van der Waals surface area contributed by atoms with Gasteiger partial charge < -0.3 is 19.9 Å². The summed E-state index contributed by atoms with van der Waals surface area (Å²) in [7, 11) is 3.36. The van der Waals surface area contributed by atoms with E-state index >= 15 is 0 Å². The van der Waals surface area contributed by atoms with Crippen molar-refractivity contribution in [2.75, 3.05) is 18.2 Å². The van der Waals surface area contributed by atoms with Crippen LogP contribution < -0.4 is 15.4 Å². The summed E-state index contributed by atoms with van der Waals surface area (Å²) in [6, 6.07) is 11.3. The number of amides is 2. The number of methoxy groups -OCH3 is 1. The van der Waals surface area contributed by atoms with E-state index in [4.69, 9.17) is 27.9 Å². The summed E-state index contributed by atoms with van der Waals surface area (Å²) in [6.45, 7) is 1.80. The van der Waals surface area contributed by atoms with E-state index in [9.17, 15) is 9.59 Å². The molecule has 2 aromatic carbocycles.